The van der Waals surface area contributed by atoms with E-state index in [1.165, 1.54) is 54.6 Å². The van der Waals surface area contributed by atoms with E-state index in [-0.39, 0.29) is 47.8 Å². The highest BCUT2D eigenvalue weighted by atomic mass is 16.5. The Kier molecular flexibility index (Phi) is 48.7. The molecule has 2 heterocycles. The molecule has 5 aromatic carbocycles. The molecule has 16 amide bonds. The van der Waals surface area contributed by atoms with Crippen molar-refractivity contribution < 1.29 is 126 Å². The first-order valence-corrected chi connectivity index (χ1v) is 49.1. The quantitative estimate of drug-likeness (QED) is 0.0161. The maximum Gasteiger partial charge on any atom is 0.331 e. The van der Waals surface area contributed by atoms with Gasteiger partial charge >= 0.3 is 11.9 Å². The summed E-state index contributed by atoms with van der Waals surface area (Å²) in [7, 11) is 2.18. The van der Waals surface area contributed by atoms with Crippen molar-refractivity contribution in [3.05, 3.63) is 221 Å². The number of benzene rings is 5. The van der Waals surface area contributed by atoms with Crippen molar-refractivity contribution in [2.24, 2.45) is 29.2 Å². The Morgan fingerprint density at radius 3 is 1.43 bits per heavy atom. The van der Waals surface area contributed by atoms with Crippen LogP contribution in [0.4, 0.5) is 0 Å². The number of primary amides is 2. The number of unbranched alkanes of at least 4 members (excludes halogenated alkanes) is 2. The van der Waals surface area contributed by atoms with Crippen molar-refractivity contribution in [2.45, 2.75) is 236 Å². The van der Waals surface area contributed by atoms with Gasteiger partial charge in [0, 0.05) is 58.3 Å². The molecule has 17 atom stereocenters. The first-order valence-electron chi connectivity index (χ1n) is 49.1. The van der Waals surface area contributed by atoms with Crippen molar-refractivity contribution in [3.63, 3.8) is 0 Å². The monoisotopic (exact) mass is 2070 g/mol. The van der Waals surface area contributed by atoms with Crippen molar-refractivity contribution >= 4 is 125 Å². The van der Waals surface area contributed by atoms with Gasteiger partial charge < -0.3 is 130 Å². The minimum atomic E-state index is -2.21. The molecule has 7 rings (SSSR count). The molecule has 0 bridgehead atoms. The molecule has 149 heavy (non-hydrogen) atoms. The van der Waals surface area contributed by atoms with E-state index in [1.54, 1.807) is 131 Å². The Hall–Kier alpha value is -15.8. The maximum absolute atomic E-state index is 15.7. The zero-order chi connectivity index (χ0) is 110. The molecule has 0 aromatic heterocycles. The van der Waals surface area contributed by atoms with E-state index in [9.17, 15) is 78.6 Å². The number of likely N-dealkylation sites (N-methyl/N-ethyl adjacent to an activating group) is 2. The summed E-state index contributed by atoms with van der Waals surface area (Å²) in [6.07, 6.45) is 9.24. The van der Waals surface area contributed by atoms with Crippen LogP contribution in [0.25, 0.3) is 18.2 Å². The van der Waals surface area contributed by atoms with Crippen molar-refractivity contribution in [3.8, 4) is 11.5 Å². The molecule has 2 aliphatic rings. The van der Waals surface area contributed by atoms with Gasteiger partial charge in [0.05, 0.1) is 38.3 Å². The Bertz CT molecular complexity index is 5660. The second kappa shape index (κ2) is 60.4. The highest BCUT2D eigenvalue weighted by molar-refractivity contribution is 6.06. The second-order valence-corrected chi connectivity index (χ2v) is 37.1. The molecular formula is C106H139N17O26. The number of aliphatic hydroxyl groups excluding tert-OH is 4. The number of phenols is 2. The van der Waals surface area contributed by atoms with Crippen LogP contribution in [0, 0.1) is 17.8 Å². The molecular weight excluding hydrogens is 1930 g/mol. The summed E-state index contributed by atoms with van der Waals surface area (Å²) in [6.45, 7) is 10.4. The molecule has 23 N–H and O–H groups in total. The number of carbonyl (C=O) groups is 18. The normalized spacial score (nSPS) is 24.0. The van der Waals surface area contributed by atoms with Gasteiger partial charge in [-0.15, -0.1) is 0 Å². The molecule has 0 aliphatic carbocycles. The molecule has 0 radical (unpaired) electrons. The molecule has 2 aliphatic heterocycles. The topological polar surface area (TPSA) is 662 Å². The second-order valence-electron chi connectivity index (χ2n) is 37.1. The van der Waals surface area contributed by atoms with Crippen molar-refractivity contribution in [1.82, 2.24) is 78.9 Å². The molecule has 43 heteroatoms. The number of carbonyl (C=O) groups excluding carboxylic acids is 18. The highest BCUT2D eigenvalue weighted by Crippen LogP contribution is 2.25. The lowest BCUT2D eigenvalue weighted by Gasteiger charge is -2.33. The summed E-state index contributed by atoms with van der Waals surface area (Å²) in [4.78, 5) is 267. The zero-order valence-electron chi connectivity index (χ0n) is 85.2. The van der Waals surface area contributed by atoms with Gasteiger partial charge in [-0.1, -0.05) is 194 Å². The lowest BCUT2D eigenvalue weighted by molar-refractivity contribution is -0.158. The van der Waals surface area contributed by atoms with Gasteiger partial charge in [-0.2, -0.15) is 0 Å². The lowest BCUT2D eigenvalue weighted by Crippen LogP contribution is -2.62. The fraction of sp³-hybridized carbons (Fsp3) is 0.434. The third kappa shape index (κ3) is 39.2. The fourth-order valence-electron chi connectivity index (χ4n) is 15.8. The van der Waals surface area contributed by atoms with E-state index in [4.69, 9.17) is 20.9 Å². The fourth-order valence-corrected chi connectivity index (χ4v) is 15.8. The summed E-state index contributed by atoms with van der Waals surface area (Å²) >= 11 is 0. The number of hydrogen-bond donors (Lipinski definition) is 21. The Balaban J connectivity index is 1.38. The van der Waals surface area contributed by atoms with Crippen LogP contribution in [0.1, 0.15) is 153 Å². The number of aliphatic hydroxyl groups is 4. The van der Waals surface area contributed by atoms with Crippen LogP contribution < -0.4 is 80.6 Å². The largest absolute Gasteiger partial charge is 0.508 e. The van der Waals surface area contributed by atoms with E-state index in [0.717, 1.165) is 71.2 Å². The number of phenolic OH excluding ortho intramolecular Hbond substituents is 2. The Morgan fingerprint density at radius 2 is 0.940 bits per heavy atom. The van der Waals surface area contributed by atoms with Crippen molar-refractivity contribution in [1.29, 1.82) is 0 Å². The molecule has 804 valence electrons. The minimum absolute atomic E-state index is 0.107. The Labute approximate surface area is 863 Å². The number of nitrogens with two attached hydrogens (primary N) is 2. The number of esters is 2. The molecule has 0 unspecified atom stereocenters. The summed E-state index contributed by atoms with van der Waals surface area (Å²) in [5.41, 5.74) is 13.7. The van der Waals surface area contributed by atoms with Crippen LogP contribution in [-0.4, -0.2) is 284 Å². The number of allylic oxidation sites excluding steroid dienone is 3. The van der Waals surface area contributed by atoms with Gasteiger partial charge in [0.25, 0.3) is 11.8 Å². The van der Waals surface area contributed by atoms with E-state index >= 15 is 38.4 Å². The number of nitrogens with one attached hydrogen (secondary N) is 13. The maximum atomic E-state index is 15.7. The number of ether oxygens (including phenoxy) is 2. The van der Waals surface area contributed by atoms with Gasteiger partial charge in [-0.05, 0) is 146 Å². The first-order chi connectivity index (χ1) is 70.8. The van der Waals surface area contributed by atoms with Gasteiger partial charge in [0.1, 0.15) is 96.4 Å². The molecule has 1 fully saturated rings. The summed E-state index contributed by atoms with van der Waals surface area (Å²) in [5.74, 6) is -24.2. The summed E-state index contributed by atoms with van der Waals surface area (Å²) < 4.78 is 11.5. The number of aromatic hydroxyl groups is 2. The molecule has 43 nitrogen and oxygen atoms in total. The van der Waals surface area contributed by atoms with Crippen LogP contribution >= 0.6 is 0 Å². The summed E-state index contributed by atoms with van der Waals surface area (Å²) in [5, 5.41) is 97.9. The van der Waals surface area contributed by atoms with Crippen LogP contribution in [0.3, 0.4) is 0 Å². The standard InChI is InChI=1S/C106H139N17O26/c1-12-14-18-30-69-31-24-25-32-70(69)38-45-89(133)119-92-64(9)149-106(147)82(58-125)118-96(137)80(55-87(108)131)116-102(143)91(63(8)127)121-97(138)77(50-65-26-20-16-21-27-65)111-93(134)75(48-60(3)4)113-99(140)84(52-67-34-40-73(128)41-35-67)122(10)103(144)83(110-88(132)44-39-71-46-47-109-56-72(71)33-19-15-13-2)59-148-105(146)81(57-124)117-95(136)79(54-86(107)130)115-101(142)90(62(7)126)120-98(139)78(51-66-28-22-17-23-29-66)112-94(135)76(49-61(5)6)114-100(141)85(123(11)104(92)145)53-68-36-42-74(129)43-37-68/h16-43,45-47,53,60-64,72,75-84,90-92,109,124-129H,12-15,44,48-52,54-59H2,1-11H3,(H2,107,130)(H2,108,131)(H,110,132)(H,111,134)(H,112,135)(H,113,140)(H,114,141)(H,115,142)(H,116,143)(H,117,136)(H,118,137)(H,119,133)(H,120,139)(H,121,138)/b30-18-,33-19-,45-38+,71-39-,85-53+/t62-,63-,64+,72+,75-,76-,77+,78+,79-,80-,81-,82-,83-,84-,90-,91-,92-/m0/s1. The first kappa shape index (κ1) is 120. The van der Waals surface area contributed by atoms with Crippen LogP contribution in [-0.2, 0) is 115 Å². The van der Waals surface area contributed by atoms with Gasteiger partial charge in [-0.25, -0.2) is 9.59 Å². The predicted octanol–water partition coefficient (Wildman–Crippen LogP) is 0.280. The predicted molar refractivity (Wildman–Crippen MR) is 548 cm³/mol. The third-order valence-corrected chi connectivity index (χ3v) is 23.9. The Morgan fingerprint density at radius 1 is 0.497 bits per heavy atom. The summed E-state index contributed by atoms with van der Waals surface area (Å²) in [6, 6.07) is 7.58. The van der Waals surface area contributed by atoms with Gasteiger partial charge in [0.2, 0.25) is 82.7 Å². The molecule has 5 aromatic rings. The number of cyclic esters (lactones) is 2. The average molecular weight is 2070 g/mol. The molecule has 0 saturated carbocycles. The molecule has 1 saturated heterocycles. The van der Waals surface area contributed by atoms with Crippen molar-refractivity contribution in [2.75, 3.05) is 40.5 Å². The van der Waals surface area contributed by atoms with Crippen LogP contribution in [0.15, 0.2) is 187 Å². The number of nitrogens with zero attached hydrogens (tertiary/aromatic N) is 2. The van der Waals surface area contributed by atoms with Gasteiger partial charge in [0.15, 0.2) is 12.1 Å². The van der Waals surface area contributed by atoms with E-state index in [2.05, 4.69) is 69.1 Å². The number of hydrogen-bond acceptors (Lipinski definition) is 27. The highest BCUT2D eigenvalue weighted by Gasteiger charge is 2.43. The lowest BCUT2D eigenvalue weighted by atomic mass is 9.94. The van der Waals surface area contributed by atoms with E-state index in [1.807, 2.05) is 38.2 Å². The molecule has 0 spiro atoms. The third-order valence-electron chi connectivity index (χ3n) is 23.9. The van der Waals surface area contributed by atoms with Gasteiger partial charge in [-0.3, -0.25) is 76.7 Å². The zero-order valence-corrected chi connectivity index (χ0v) is 85.2. The van der Waals surface area contributed by atoms with E-state index in [0.29, 0.717) is 45.7 Å². The van der Waals surface area contributed by atoms with E-state index < -0.39 is 273 Å². The van der Waals surface area contributed by atoms with Crippen LogP contribution in [0.2, 0.25) is 0 Å². The minimum Gasteiger partial charge on any atom is -0.508 e. The number of amides is 16. The average Bonchev–Trinajstić information content (AvgIpc) is 0.834. The van der Waals surface area contributed by atoms with Crippen LogP contribution in [0.5, 0.6) is 11.5 Å². The smallest absolute Gasteiger partial charge is 0.331 e. The SMILES string of the molecule is CCC/C=C\c1ccccc1/C=C/C(=O)N[C@@H]1C(=O)N(C)/C(=C/c2ccc(O)cc2)C(=O)N[C@@H](CC(C)C)C(=O)N[C@H](Cc2ccccc2)C(=O)N[C@@H]([C@H](C)O)C(=O)N[C@@H](CC(N)=O)C(=O)N[C@@H](CO)C(=O)OC[C@H](NC(=O)C/C=C2/C=CNC[C@H]2/C=C\CCC)C(=O)N(C)[C@@H](Cc2ccc(O)cc2)C(=O)N[C@@H](CC(C)C)C(=O)N[C@H](Cc2ccccc2)C(=O)N[C@@H]([C@H](C)O)C(=O)N[C@@H](CC(N)=O)C(=O)N[C@@H](CO)C(=O)O[C@@H]1C. The number of rotatable bonds is 31.